The SMILES string of the molecule is COc1cccn(-c2ccc3c(c2)[C@](O)([C@@H](C)/C=C/CCO)C(=O)N3Cc2ccccc2)c1=O. The van der Waals surface area contributed by atoms with Crippen LogP contribution in [0.4, 0.5) is 5.69 Å². The number of aliphatic hydroxyl groups is 2. The van der Waals surface area contributed by atoms with Crippen LogP contribution in [-0.2, 0) is 16.9 Å². The molecule has 7 nitrogen and oxygen atoms in total. The fraction of sp³-hybridized carbons (Fsp3) is 0.259. The molecule has 0 fully saturated rings. The fourth-order valence-corrected chi connectivity index (χ4v) is 4.35. The minimum absolute atomic E-state index is 0.0186. The Balaban J connectivity index is 1.84. The zero-order valence-electron chi connectivity index (χ0n) is 19.2. The molecular formula is C27H28N2O5. The largest absolute Gasteiger partial charge is 0.491 e. The molecule has 3 aromatic rings. The third-order valence-corrected chi connectivity index (χ3v) is 6.23. The van der Waals surface area contributed by atoms with Gasteiger partial charge in [-0.3, -0.25) is 14.2 Å². The Morgan fingerprint density at radius 1 is 1.09 bits per heavy atom. The highest BCUT2D eigenvalue weighted by atomic mass is 16.5. The highest BCUT2D eigenvalue weighted by Crippen LogP contribution is 2.46. The maximum atomic E-state index is 13.7. The van der Waals surface area contributed by atoms with Crippen LogP contribution in [0.15, 0.2) is 83.8 Å². The Morgan fingerprint density at radius 3 is 2.56 bits per heavy atom. The van der Waals surface area contributed by atoms with E-state index in [1.165, 1.54) is 11.7 Å². The summed E-state index contributed by atoms with van der Waals surface area (Å²) in [4.78, 5) is 28.1. The van der Waals surface area contributed by atoms with Gasteiger partial charge in [0.2, 0.25) is 0 Å². The molecule has 0 bridgehead atoms. The van der Waals surface area contributed by atoms with Crippen molar-refractivity contribution in [2.24, 2.45) is 5.92 Å². The lowest BCUT2D eigenvalue weighted by atomic mass is 9.82. The molecule has 1 aliphatic heterocycles. The molecule has 2 N–H and O–H groups in total. The summed E-state index contributed by atoms with van der Waals surface area (Å²) in [6, 6.07) is 18.1. The van der Waals surface area contributed by atoms with Crippen LogP contribution in [-0.4, -0.2) is 34.4 Å². The molecule has 1 amide bonds. The monoisotopic (exact) mass is 460 g/mol. The smallest absolute Gasteiger partial charge is 0.297 e. The van der Waals surface area contributed by atoms with Gasteiger partial charge in [0.05, 0.1) is 19.3 Å². The Kier molecular flexibility index (Phi) is 6.68. The van der Waals surface area contributed by atoms with Crippen molar-refractivity contribution < 1.29 is 19.7 Å². The number of carbonyl (C=O) groups excluding carboxylic acids is 1. The van der Waals surface area contributed by atoms with Gasteiger partial charge in [-0.1, -0.05) is 49.4 Å². The third kappa shape index (κ3) is 4.04. The summed E-state index contributed by atoms with van der Waals surface area (Å²) in [5, 5.41) is 21.0. The lowest BCUT2D eigenvalue weighted by molar-refractivity contribution is -0.139. The van der Waals surface area contributed by atoms with Crippen LogP contribution in [0.2, 0.25) is 0 Å². The maximum Gasteiger partial charge on any atom is 0.297 e. The van der Waals surface area contributed by atoms with Gasteiger partial charge >= 0.3 is 0 Å². The minimum atomic E-state index is -1.82. The van der Waals surface area contributed by atoms with Crippen molar-refractivity contribution in [2.45, 2.75) is 25.5 Å². The molecule has 176 valence electrons. The van der Waals surface area contributed by atoms with Crippen molar-refractivity contribution in [3.05, 3.63) is 100 Å². The van der Waals surface area contributed by atoms with Crippen molar-refractivity contribution >= 4 is 11.6 Å². The summed E-state index contributed by atoms with van der Waals surface area (Å²) in [7, 11) is 1.43. The number of anilines is 1. The number of pyridine rings is 1. The van der Waals surface area contributed by atoms with Gasteiger partial charge in [0.1, 0.15) is 0 Å². The van der Waals surface area contributed by atoms with E-state index >= 15 is 0 Å². The molecule has 0 radical (unpaired) electrons. The predicted molar refractivity (Wildman–Crippen MR) is 130 cm³/mol. The normalized spacial score (nSPS) is 18.4. The zero-order valence-corrected chi connectivity index (χ0v) is 19.2. The molecule has 0 saturated heterocycles. The molecule has 2 atom stereocenters. The maximum absolute atomic E-state index is 13.7. The molecule has 2 aromatic carbocycles. The number of aliphatic hydroxyl groups excluding tert-OH is 1. The summed E-state index contributed by atoms with van der Waals surface area (Å²) in [6.07, 6.45) is 5.54. The molecule has 1 aliphatic rings. The number of hydrogen-bond acceptors (Lipinski definition) is 5. The summed E-state index contributed by atoms with van der Waals surface area (Å²) in [5.74, 6) is -0.800. The lowest BCUT2D eigenvalue weighted by Crippen LogP contribution is -2.44. The van der Waals surface area contributed by atoms with Crippen LogP contribution >= 0.6 is 0 Å². The summed E-state index contributed by atoms with van der Waals surface area (Å²) in [6.45, 7) is 2.06. The third-order valence-electron chi connectivity index (χ3n) is 6.23. The standard InChI is InChI=1S/C27H28N2O5/c1-19(9-6-7-16-30)27(33)22-17-21(28-15-8-12-24(34-2)25(28)31)13-14-23(22)29(26(27)32)18-20-10-4-3-5-11-20/h3-6,8-15,17,19,30,33H,7,16,18H2,1-2H3/b9-6+/t19-,27+/m0/s1. The van der Waals surface area contributed by atoms with Crippen molar-refractivity contribution in [3.8, 4) is 11.4 Å². The molecule has 0 spiro atoms. The lowest BCUT2D eigenvalue weighted by Gasteiger charge is -2.28. The number of fused-ring (bicyclic) bond motifs is 1. The van der Waals surface area contributed by atoms with E-state index in [1.54, 1.807) is 60.5 Å². The summed E-state index contributed by atoms with van der Waals surface area (Å²) >= 11 is 0. The summed E-state index contributed by atoms with van der Waals surface area (Å²) in [5.41, 5.74) is 0.314. The first-order chi connectivity index (χ1) is 16.4. The van der Waals surface area contributed by atoms with E-state index in [0.717, 1.165) is 5.56 Å². The van der Waals surface area contributed by atoms with Gasteiger partial charge in [-0.15, -0.1) is 0 Å². The van der Waals surface area contributed by atoms with Crippen LogP contribution < -0.4 is 15.2 Å². The van der Waals surface area contributed by atoms with Gasteiger partial charge in [0.15, 0.2) is 11.4 Å². The predicted octanol–water partition coefficient (Wildman–Crippen LogP) is 3.16. The van der Waals surface area contributed by atoms with Gasteiger partial charge in [-0.2, -0.15) is 0 Å². The molecular weight excluding hydrogens is 432 g/mol. The molecule has 0 aliphatic carbocycles. The van der Waals surface area contributed by atoms with Gasteiger partial charge in [0.25, 0.3) is 11.5 Å². The van der Waals surface area contributed by atoms with Crippen LogP contribution in [0.3, 0.4) is 0 Å². The molecule has 34 heavy (non-hydrogen) atoms. The number of aromatic nitrogens is 1. The van der Waals surface area contributed by atoms with Crippen molar-refractivity contribution in [1.82, 2.24) is 4.57 Å². The van der Waals surface area contributed by atoms with Crippen molar-refractivity contribution in [1.29, 1.82) is 0 Å². The molecule has 0 saturated carbocycles. The second-order valence-electron chi connectivity index (χ2n) is 8.33. The van der Waals surface area contributed by atoms with Crippen LogP contribution in [0.25, 0.3) is 5.69 Å². The highest BCUT2D eigenvalue weighted by molar-refractivity contribution is 6.07. The van der Waals surface area contributed by atoms with Crippen LogP contribution in [0.5, 0.6) is 5.75 Å². The second kappa shape index (κ2) is 9.67. The number of methoxy groups -OCH3 is 1. The number of nitrogens with zero attached hydrogens (tertiary/aromatic N) is 2. The molecule has 7 heteroatoms. The minimum Gasteiger partial charge on any atom is -0.491 e. The van der Waals surface area contributed by atoms with E-state index in [0.29, 0.717) is 29.9 Å². The Morgan fingerprint density at radius 2 is 1.85 bits per heavy atom. The van der Waals surface area contributed by atoms with E-state index in [2.05, 4.69) is 0 Å². The Hall–Kier alpha value is -3.68. The van der Waals surface area contributed by atoms with Gasteiger partial charge in [-0.25, -0.2) is 0 Å². The number of benzene rings is 2. The van der Waals surface area contributed by atoms with Crippen molar-refractivity contribution in [2.75, 3.05) is 18.6 Å². The van der Waals surface area contributed by atoms with Gasteiger partial charge in [-0.05, 0) is 42.3 Å². The van der Waals surface area contributed by atoms with Crippen LogP contribution in [0.1, 0.15) is 24.5 Å². The van der Waals surface area contributed by atoms with E-state index in [1.807, 2.05) is 30.3 Å². The van der Waals surface area contributed by atoms with Gasteiger partial charge < -0.3 is 19.8 Å². The highest BCUT2D eigenvalue weighted by Gasteiger charge is 2.52. The molecule has 4 rings (SSSR count). The average molecular weight is 461 g/mol. The van der Waals surface area contributed by atoms with E-state index in [4.69, 9.17) is 9.84 Å². The fourth-order valence-electron chi connectivity index (χ4n) is 4.35. The molecule has 1 aromatic heterocycles. The number of carbonyl (C=O) groups is 1. The quantitative estimate of drug-likeness (QED) is 0.504. The number of ether oxygens (including phenoxy) is 1. The van der Waals surface area contributed by atoms with E-state index < -0.39 is 17.4 Å². The Bertz CT molecular complexity index is 1270. The van der Waals surface area contributed by atoms with E-state index in [-0.39, 0.29) is 17.9 Å². The topological polar surface area (TPSA) is 92.0 Å². The average Bonchev–Trinajstić information content (AvgIpc) is 3.07. The number of rotatable bonds is 8. The molecule has 2 heterocycles. The first-order valence-electron chi connectivity index (χ1n) is 11.2. The number of amides is 1. The van der Waals surface area contributed by atoms with Gasteiger partial charge in [0, 0.05) is 30.0 Å². The number of hydrogen-bond donors (Lipinski definition) is 2. The molecule has 0 unspecified atom stereocenters. The second-order valence-corrected chi connectivity index (χ2v) is 8.33. The van der Waals surface area contributed by atoms with Crippen LogP contribution in [0, 0.1) is 5.92 Å². The first kappa shape index (κ1) is 23.5. The Labute approximate surface area is 198 Å². The van der Waals surface area contributed by atoms with Crippen molar-refractivity contribution in [3.63, 3.8) is 0 Å². The van der Waals surface area contributed by atoms with E-state index in [9.17, 15) is 14.7 Å². The zero-order chi connectivity index (χ0) is 24.3. The first-order valence-corrected chi connectivity index (χ1v) is 11.2. The summed E-state index contributed by atoms with van der Waals surface area (Å²) < 4.78 is 6.59.